The number of carboxylic acid groups (broad SMARTS) is 1. The predicted octanol–water partition coefficient (Wildman–Crippen LogP) is 3.90. The van der Waals surface area contributed by atoms with Crippen molar-refractivity contribution in [1.82, 2.24) is 29.9 Å². The van der Waals surface area contributed by atoms with Crippen molar-refractivity contribution in [2.45, 2.75) is 0 Å². The number of halogens is 2. The second kappa shape index (κ2) is 16.5. The number of pyridine rings is 2. The molecule has 0 saturated heterocycles. The molecule has 11 nitrogen and oxygen atoms in total. The zero-order valence-electron chi connectivity index (χ0n) is 23.1. The molecule has 2 radical (unpaired) electrons. The number of carboxylic acids is 1. The van der Waals surface area contributed by atoms with Crippen molar-refractivity contribution in [2.75, 3.05) is 11.1 Å². The summed E-state index contributed by atoms with van der Waals surface area (Å²) >= 11 is 0. The number of aromatic nitrogens is 6. The van der Waals surface area contributed by atoms with Crippen molar-refractivity contribution >= 4 is 53.4 Å². The standard InChI is InChI=1S/C14H9FN4O.C9H7FN2.C5H4N2O2.BH.U/c15-10-6-9-2-1-3-18-13(9)11(7-10)19-14(20)12-8-16-4-5-17-12;10-7-4-6-2-1-3-12-9(6)8(11)5-7;8-5(9)4-3-6-1-2-7-4;;/h1-8H,(H,19,20);1-5H,11H2;1-3H,(H,8,9);1H;/i;;;1T;. The number of amides is 1. The molecule has 0 spiro atoms. The molecule has 0 saturated carbocycles. The molecule has 1 amide bonds. The normalized spacial score (nSPS) is 9.77. The van der Waals surface area contributed by atoms with Crippen LogP contribution in [0.5, 0.6) is 0 Å². The summed E-state index contributed by atoms with van der Waals surface area (Å²) < 4.78 is 31.6. The number of aromatic carboxylic acids is 1. The third-order valence-electron chi connectivity index (χ3n) is 5.20. The van der Waals surface area contributed by atoms with Gasteiger partial charge in [-0.2, -0.15) is 0 Å². The smallest absolute Gasteiger partial charge is 0.356 e. The average Bonchev–Trinajstić information content (AvgIpc) is 3.03. The van der Waals surface area contributed by atoms with Crippen LogP contribution in [0.15, 0.2) is 98.1 Å². The summed E-state index contributed by atoms with van der Waals surface area (Å²) in [7, 11) is 3.75. The minimum absolute atomic E-state index is 0. The van der Waals surface area contributed by atoms with Crippen LogP contribution in [-0.4, -0.2) is 56.6 Å². The van der Waals surface area contributed by atoms with Gasteiger partial charge in [0, 0.05) is 87.4 Å². The Morgan fingerprint density at radius 2 is 1.30 bits per heavy atom. The van der Waals surface area contributed by atoms with E-state index in [0.29, 0.717) is 27.8 Å². The first kappa shape index (κ1) is 32.6. The molecule has 4 aromatic heterocycles. The van der Waals surface area contributed by atoms with E-state index in [4.69, 9.17) is 12.2 Å². The van der Waals surface area contributed by atoms with Crippen molar-refractivity contribution < 1.29 is 54.6 Å². The molecular formula is C28H21BF2N8O3U. The van der Waals surface area contributed by atoms with E-state index < -0.39 is 17.7 Å². The van der Waals surface area contributed by atoms with Gasteiger partial charge in [0.15, 0.2) is 5.69 Å². The molecule has 4 heterocycles. The Labute approximate surface area is 270 Å². The van der Waals surface area contributed by atoms with E-state index in [2.05, 4.69) is 43.6 Å². The minimum atomic E-state index is -1.05. The Morgan fingerprint density at radius 1 is 0.767 bits per heavy atom. The zero-order valence-corrected chi connectivity index (χ0v) is 26.3. The van der Waals surface area contributed by atoms with Crippen LogP contribution in [0, 0.1) is 42.7 Å². The second-order valence-corrected chi connectivity index (χ2v) is 8.04. The first-order valence-electron chi connectivity index (χ1n) is 12.3. The van der Waals surface area contributed by atoms with E-state index in [1.165, 1.54) is 61.4 Å². The van der Waals surface area contributed by atoms with Crippen molar-refractivity contribution in [1.29, 1.82) is 1.34 Å². The Balaban J connectivity index is 0.000000241. The number of benzene rings is 2. The van der Waals surface area contributed by atoms with Gasteiger partial charge in [-0.3, -0.25) is 24.7 Å². The summed E-state index contributed by atoms with van der Waals surface area (Å²) in [6.45, 7) is 0. The first-order valence-corrected chi connectivity index (χ1v) is 11.7. The van der Waals surface area contributed by atoms with Crippen LogP contribution in [0.4, 0.5) is 20.2 Å². The molecule has 6 rings (SSSR count). The molecule has 0 atom stereocenters. The Kier molecular flexibility index (Phi) is 12.6. The number of fused-ring (bicyclic) bond motifs is 2. The zero-order chi connectivity index (χ0) is 31.2. The largest absolute Gasteiger partial charge is 0.476 e. The maximum absolute atomic E-state index is 13.5. The molecular weight excluding hydrogens is 783 g/mol. The number of hydrogen-bond acceptors (Lipinski definition) is 9. The molecule has 0 aliphatic heterocycles. The fraction of sp³-hybridized carbons (Fsp3) is 0. The molecule has 0 aliphatic carbocycles. The van der Waals surface area contributed by atoms with E-state index in [-0.39, 0.29) is 48.3 Å². The number of carbonyl (C=O) groups excluding carboxylic acids is 1. The van der Waals surface area contributed by atoms with Gasteiger partial charge in [0.1, 0.15) is 17.3 Å². The van der Waals surface area contributed by atoms with Gasteiger partial charge in [0.05, 0.1) is 34.8 Å². The van der Waals surface area contributed by atoms with Gasteiger partial charge in [-0.25, -0.2) is 23.5 Å². The Morgan fingerprint density at radius 3 is 1.84 bits per heavy atom. The number of anilines is 2. The molecule has 43 heavy (non-hydrogen) atoms. The third-order valence-corrected chi connectivity index (χ3v) is 5.20. The topological polar surface area (TPSA) is 170 Å². The van der Waals surface area contributed by atoms with Crippen molar-refractivity contribution in [3.63, 3.8) is 0 Å². The molecule has 0 fully saturated rings. The van der Waals surface area contributed by atoms with E-state index in [0.717, 1.165) is 5.39 Å². The van der Waals surface area contributed by atoms with E-state index >= 15 is 0 Å². The van der Waals surface area contributed by atoms with Crippen LogP contribution in [0.1, 0.15) is 21.0 Å². The van der Waals surface area contributed by atoms with Gasteiger partial charge >= 0.3 is 5.97 Å². The molecule has 0 unspecified atom stereocenters. The fourth-order valence-electron chi connectivity index (χ4n) is 3.45. The monoisotopic (exact) mass is 806 g/mol. The van der Waals surface area contributed by atoms with Gasteiger partial charge in [-0.05, 0) is 37.7 Å². The Hall–Kier alpha value is -4.86. The quantitative estimate of drug-likeness (QED) is 0.176. The molecule has 0 bridgehead atoms. The summed E-state index contributed by atoms with van der Waals surface area (Å²) in [5.41, 5.74) is 7.53. The van der Waals surface area contributed by atoms with Gasteiger partial charge in [-0.15, -0.1) is 0 Å². The van der Waals surface area contributed by atoms with Gasteiger partial charge in [0.25, 0.3) is 5.91 Å². The fourth-order valence-corrected chi connectivity index (χ4v) is 3.45. The molecule has 6 aromatic rings. The molecule has 212 valence electrons. The van der Waals surface area contributed by atoms with Gasteiger partial charge < -0.3 is 16.2 Å². The number of carbonyl (C=O) groups is 2. The number of hydrogen-bond donors (Lipinski definition) is 3. The second-order valence-electron chi connectivity index (χ2n) is 8.04. The number of nitrogen functional groups attached to an aromatic ring is 1. The summed E-state index contributed by atoms with van der Waals surface area (Å²) in [5.74, 6) is -2.29. The maximum Gasteiger partial charge on any atom is 0.356 e. The average molecular weight is 806 g/mol. The summed E-state index contributed by atoms with van der Waals surface area (Å²) in [6.07, 6.45) is 11.4. The minimum Gasteiger partial charge on any atom is -0.476 e. The molecule has 15 heteroatoms. The first-order chi connectivity index (χ1) is 20.8. The van der Waals surface area contributed by atoms with E-state index in [9.17, 15) is 18.4 Å². The number of nitrogens with one attached hydrogen (secondary N) is 1. The van der Waals surface area contributed by atoms with E-state index in [1.54, 1.807) is 36.7 Å². The van der Waals surface area contributed by atoms with Crippen LogP contribution in [-0.2, 0) is 0 Å². The number of nitrogens with zero attached hydrogens (tertiary/aromatic N) is 6. The van der Waals surface area contributed by atoms with Gasteiger partial charge in [-0.1, -0.05) is 12.1 Å². The SMILES string of the molecule is Nc1cc(F)cc2cccnc12.O=C(Nc1cc(F)cc2cccnc12)c1cnccn1.O=C(O)c1cnccn1.[3H][B].[U]. The van der Waals surface area contributed by atoms with Crippen LogP contribution in [0.2, 0.25) is 0 Å². The van der Waals surface area contributed by atoms with Crippen molar-refractivity contribution in [3.8, 4) is 0 Å². The summed E-state index contributed by atoms with van der Waals surface area (Å²) in [4.78, 5) is 45.1. The number of rotatable bonds is 3. The van der Waals surface area contributed by atoms with Crippen molar-refractivity contribution in [2.24, 2.45) is 0 Å². The van der Waals surface area contributed by atoms with Crippen LogP contribution in [0.25, 0.3) is 21.8 Å². The molecule has 4 N–H and O–H groups in total. The Bertz CT molecular complexity index is 1830. The summed E-state index contributed by atoms with van der Waals surface area (Å²) in [5, 5.41) is 12.2. The van der Waals surface area contributed by atoms with E-state index in [1.807, 2.05) is 0 Å². The molecule has 2 aromatic carbocycles. The third kappa shape index (κ3) is 9.59. The van der Waals surface area contributed by atoms with Crippen LogP contribution >= 0.6 is 0 Å². The van der Waals surface area contributed by atoms with Gasteiger partial charge in [0.2, 0.25) is 0 Å². The number of nitrogens with two attached hydrogens (primary N) is 1. The predicted molar refractivity (Wildman–Crippen MR) is 154 cm³/mol. The van der Waals surface area contributed by atoms with Crippen LogP contribution in [0.3, 0.4) is 0 Å². The van der Waals surface area contributed by atoms with Crippen molar-refractivity contribution in [3.05, 3.63) is 121 Å². The molecule has 0 aliphatic rings. The summed E-state index contributed by atoms with van der Waals surface area (Å²) in [6, 6.07) is 12.2. The van der Waals surface area contributed by atoms with Crippen LogP contribution < -0.4 is 11.1 Å². The maximum atomic E-state index is 13.5.